The molecule has 0 N–H and O–H groups in total. The third-order valence-corrected chi connectivity index (χ3v) is 3.69. The maximum atomic E-state index is 5.38. The molecule has 2 heteroatoms. The van der Waals surface area contributed by atoms with Crippen LogP contribution in [0.2, 0.25) is 0 Å². The van der Waals surface area contributed by atoms with Crippen LogP contribution in [0.5, 0.6) is 0 Å². The van der Waals surface area contributed by atoms with Gasteiger partial charge in [0, 0.05) is 25.4 Å². The summed E-state index contributed by atoms with van der Waals surface area (Å²) in [7, 11) is 3.90. The summed E-state index contributed by atoms with van der Waals surface area (Å²) in [6.45, 7) is 0.710. The van der Waals surface area contributed by atoms with Gasteiger partial charge in [0.15, 0.2) is 0 Å². The van der Waals surface area contributed by atoms with Crippen LogP contribution < -0.4 is 4.90 Å². The van der Waals surface area contributed by atoms with E-state index in [2.05, 4.69) is 60.5 Å². The second-order valence-electron chi connectivity index (χ2n) is 4.69. The first kappa shape index (κ1) is 11.3. The molecule has 0 saturated heterocycles. The van der Waals surface area contributed by atoms with Crippen molar-refractivity contribution in [2.24, 2.45) is 0 Å². The fraction of sp³-hybridized carbons (Fsp3) is 0.250. The van der Waals surface area contributed by atoms with Crippen LogP contribution in [0.4, 0.5) is 5.69 Å². The van der Waals surface area contributed by atoms with Gasteiger partial charge < -0.3 is 9.64 Å². The average molecular weight is 239 g/mol. The molecule has 3 rings (SSSR count). The molecule has 1 unspecified atom stereocenters. The minimum atomic E-state index is 0.293. The normalized spacial score (nSPS) is 17.2. The van der Waals surface area contributed by atoms with Crippen molar-refractivity contribution in [3.05, 3.63) is 54.1 Å². The Balaban J connectivity index is 2.21. The molecule has 0 spiro atoms. The number of para-hydroxylation sites is 1. The third kappa shape index (κ3) is 1.61. The first-order valence-electron chi connectivity index (χ1n) is 6.23. The van der Waals surface area contributed by atoms with Gasteiger partial charge in [-0.25, -0.2) is 0 Å². The lowest BCUT2D eigenvalue weighted by atomic mass is 9.89. The number of nitrogens with zero attached hydrogens (tertiary/aromatic N) is 1. The molecular weight excluding hydrogens is 222 g/mol. The van der Waals surface area contributed by atoms with Crippen LogP contribution in [0.1, 0.15) is 11.6 Å². The fourth-order valence-electron chi connectivity index (χ4n) is 2.78. The molecule has 0 radical (unpaired) electrons. The van der Waals surface area contributed by atoms with Crippen molar-refractivity contribution in [2.45, 2.75) is 6.04 Å². The third-order valence-electron chi connectivity index (χ3n) is 3.69. The number of rotatable bonds is 2. The zero-order chi connectivity index (χ0) is 12.5. The predicted molar refractivity (Wildman–Crippen MR) is 74.9 cm³/mol. The summed E-state index contributed by atoms with van der Waals surface area (Å²) in [6.07, 6.45) is 0. The monoisotopic (exact) mass is 239 g/mol. The molecule has 2 aromatic rings. The Morgan fingerprint density at radius 3 is 2.44 bits per heavy atom. The second-order valence-corrected chi connectivity index (χ2v) is 4.69. The molecule has 1 aliphatic heterocycles. The molecule has 0 aliphatic carbocycles. The van der Waals surface area contributed by atoms with Crippen molar-refractivity contribution in [1.82, 2.24) is 0 Å². The molecule has 0 bridgehead atoms. The number of benzene rings is 2. The fourth-order valence-corrected chi connectivity index (χ4v) is 2.78. The van der Waals surface area contributed by atoms with Crippen LogP contribution in [0.3, 0.4) is 0 Å². The summed E-state index contributed by atoms with van der Waals surface area (Å²) >= 11 is 0. The molecule has 1 heterocycles. The van der Waals surface area contributed by atoms with Crippen LogP contribution in [0.25, 0.3) is 11.1 Å². The van der Waals surface area contributed by atoms with Crippen LogP contribution in [0, 0.1) is 0 Å². The molecule has 92 valence electrons. The van der Waals surface area contributed by atoms with Crippen molar-refractivity contribution in [2.75, 3.05) is 25.7 Å². The van der Waals surface area contributed by atoms with Crippen molar-refractivity contribution in [1.29, 1.82) is 0 Å². The maximum absolute atomic E-state index is 5.38. The highest BCUT2D eigenvalue weighted by molar-refractivity contribution is 5.84. The Bertz CT molecular complexity index is 565. The minimum absolute atomic E-state index is 0.293. The quantitative estimate of drug-likeness (QED) is 0.795. The van der Waals surface area contributed by atoms with E-state index in [1.807, 2.05) is 0 Å². The Hall–Kier alpha value is -1.80. The number of hydrogen-bond acceptors (Lipinski definition) is 2. The highest BCUT2D eigenvalue weighted by Gasteiger charge is 2.27. The second kappa shape index (κ2) is 4.46. The standard InChI is InChI=1S/C16H17NO/c1-17-15-10-6-5-8-13(15)12-7-3-4-9-14(12)16(17)11-18-2/h3-10,16H,11H2,1-2H3. The number of ether oxygens (including phenoxy) is 1. The van der Waals surface area contributed by atoms with Gasteiger partial charge in [-0.2, -0.15) is 0 Å². The van der Waals surface area contributed by atoms with E-state index in [4.69, 9.17) is 4.74 Å². The lowest BCUT2D eigenvalue weighted by Crippen LogP contribution is -2.31. The van der Waals surface area contributed by atoms with Crippen molar-refractivity contribution in [3.8, 4) is 11.1 Å². The van der Waals surface area contributed by atoms with E-state index >= 15 is 0 Å². The van der Waals surface area contributed by atoms with Crippen LogP contribution in [0.15, 0.2) is 48.5 Å². The van der Waals surface area contributed by atoms with Crippen LogP contribution >= 0.6 is 0 Å². The first-order chi connectivity index (χ1) is 8.83. The molecular formula is C16H17NO. The molecule has 0 fully saturated rings. The van der Waals surface area contributed by atoms with Gasteiger partial charge in [0.05, 0.1) is 12.6 Å². The van der Waals surface area contributed by atoms with Crippen LogP contribution in [-0.2, 0) is 4.74 Å². The molecule has 2 nitrogen and oxygen atoms in total. The lowest BCUT2D eigenvalue weighted by Gasteiger charge is -2.37. The Morgan fingerprint density at radius 2 is 1.67 bits per heavy atom. The summed E-state index contributed by atoms with van der Waals surface area (Å²) in [5, 5.41) is 0. The summed E-state index contributed by atoms with van der Waals surface area (Å²) in [5.41, 5.74) is 5.26. The largest absolute Gasteiger partial charge is 0.382 e. The smallest absolute Gasteiger partial charge is 0.0779 e. The maximum Gasteiger partial charge on any atom is 0.0779 e. The number of methoxy groups -OCH3 is 1. The molecule has 18 heavy (non-hydrogen) atoms. The topological polar surface area (TPSA) is 12.5 Å². The van der Waals surface area contributed by atoms with E-state index < -0.39 is 0 Å². The predicted octanol–water partition coefficient (Wildman–Crippen LogP) is 3.49. The molecule has 0 saturated carbocycles. The van der Waals surface area contributed by atoms with E-state index in [-0.39, 0.29) is 0 Å². The molecule has 1 atom stereocenters. The van der Waals surface area contributed by atoms with Gasteiger partial charge in [0.25, 0.3) is 0 Å². The van der Waals surface area contributed by atoms with E-state index in [0.29, 0.717) is 12.6 Å². The van der Waals surface area contributed by atoms with Gasteiger partial charge in [-0.15, -0.1) is 0 Å². The zero-order valence-corrected chi connectivity index (χ0v) is 10.8. The SMILES string of the molecule is COCC1c2ccccc2-c2ccccc2N1C. The Labute approximate surface area is 108 Å². The Morgan fingerprint density at radius 1 is 1.00 bits per heavy atom. The zero-order valence-electron chi connectivity index (χ0n) is 10.8. The summed E-state index contributed by atoms with van der Waals surface area (Å²) in [6, 6.07) is 17.4. The van der Waals surface area contributed by atoms with E-state index in [0.717, 1.165) is 0 Å². The van der Waals surface area contributed by atoms with E-state index in [1.54, 1.807) is 7.11 Å². The van der Waals surface area contributed by atoms with E-state index in [9.17, 15) is 0 Å². The highest BCUT2D eigenvalue weighted by atomic mass is 16.5. The molecule has 0 aromatic heterocycles. The van der Waals surface area contributed by atoms with Gasteiger partial charge in [-0.1, -0.05) is 42.5 Å². The first-order valence-corrected chi connectivity index (χ1v) is 6.23. The molecule has 0 amide bonds. The average Bonchev–Trinajstić information content (AvgIpc) is 2.43. The summed E-state index contributed by atoms with van der Waals surface area (Å²) in [5.74, 6) is 0. The lowest BCUT2D eigenvalue weighted by molar-refractivity contribution is 0.178. The number of likely N-dealkylation sites (N-methyl/N-ethyl adjacent to an activating group) is 1. The highest BCUT2D eigenvalue weighted by Crippen LogP contribution is 2.43. The minimum Gasteiger partial charge on any atom is -0.382 e. The van der Waals surface area contributed by atoms with E-state index in [1.165, 1.54) is 22.4 Å². The van der Waals surface area contributed by atoms with Crippen molar-refractivity contribution < 1.29 is 4.74 Å². The van der Waals surface area contributed by atoms with Gasteiger partial charge in [0.1, 0.15) is 0 Å². The number of fused-ring (bicyclic) bond motifs is 3. The van der Waals surface area contributed by atoms with Gasteiger partial charge in [-0.05, 0) is 17.2 Å². The Kier molecular flexibility index (Phi) is 2.80. The van der Waals surface area contributed by atoms with Crippen molar-refractivity contribution in [3.63, 3.8) is 0 Å². The summed E-state index contributed by atoms with van der Waals surface area (Å²) in [4.78, 5) is 2.31. The number of anilines is 1. The van der Waals surface area contributed by atoms with Gasteiger partial charge in [-0.3, -0.25) is 0 Å². The number of hydrogen-bond donors (Lipinski definition) is 0. The van der Waals surface area contributed by atoms with Crippen LogP contribution in [-0.4, -0.2) is 20.8 Å². The van der Waals surface area contributed by atoms with Crippen molar-refractivity contribution >= 4 is 5.69 Å². The molecule has 2 aromatic carbocycles. The molecule has 1 aliphatic rings. The van der Waals surface area contributed by atoms with Gasteiger partial charge >= 0.3 is 0 Å². The summed E-state index contributed by atoms with van der Waals surface area (Å²) < 4.78 is 5.38. The van der Waals surface area contributed by atoms with Gasteiger partial charge in [0.2, 0.25) is 0 Å².